The standard InChI is InChI=1S/C11H12INO4/c1-15-11(14)13-3-2-7-4-9-10(5-8(7)12)17-6-16-9/h4-5H,2-3,6H2,1H3,(H,13,14). The van der Waals surface area contributed by atoms with Gasteiger partial charge in [-0.2, -0.15) is 0 Å². The lowest BCUT2D eigenvalue weighted by atomic mass is 10.1. The van der Waals surface area contributed by atoms with Gasteiger partial charge in [0.1, 0.15) is 0 Å². The van der Waals surface area contributed by atoms with Gasteiger partial charge in [0.2, 0.25) is 6.79 Å². The maximum absolute atomic E-state index is 10.9. The second-order valence-corrected chi connectivity index (χ2v) is 4.63. The van der Waals surface area contributed by atoms with E-state index in [1.165, 1.54) is 7.11 Å². The van der Waals surface area contributed by atoms with E-state index in [4.69, 9.17) is 9.47 Å². The van der Waals surface area contributed by atoms with E-state index in [0.29, 0.717) is 6.54 Å². The van der Waals surface area contributed by atoms with Crippen molar-refractivity contribution in [3.05, 3.63) is 21.3 Å². The summed E-state index contributed by atoms with van der Waals surface area (Å²) in [4.78, 5) is 10.9. The van der Waals surface area contributed by atoms with Gasteiger partial charge in [0.05, 0.1) is 7.11 Å². The van der Waals surface area contributed by atoms with Crippen LogP contribution in [0.15, 0.2) is 12.1 Å². The number of ether oxygens (including phenoxy) is 3. The summed E-state index contributed by atoms with van der Waals surface area (Å²) in [5.41, 5.74) is 1.12. The highest BCUT2D eigenvalue weighted by atomic mass is 127. The lowest BCUT2D eigenvalue weighted by Gasteiger charge is -2.07. The van der Waals surface area contributed by atoms with E-state index in [2.05, 4.69) is 32.6 Å². The minimum Gasteiger partial charge on any atom is -0.454 e. The van der Waals surface area contributed by atoms with Crippen LogP contribution in [0.5, 0.6) is 11.5 Å². The second kappa shape index (κ2) is 5.44. The average Bonchev–Trinajstić information content (AvgIpc) is 2.76. The molecule has 0 radical (unpaired) electrons. The predicted octanol–water partition coefficient (Wildman–Crippen LogP) is 1.92. The fourth-order valence-electron chi connectivity index (χ4n) is 1.52. The highest BCUT2D eigenvalue weighted by molar-refractivity contribution is 14.1. The number of nitrogens with one attached hydrogen (secondary N) is 1. The Balaban J connectivity index is 1.99. The van der Waals surface area contributed by atoms with Gasteiger partial charge >= 0.3 is 6.09 Å². The molecule has 1 aromatic rings. The molecule has 0 fully saturated rings. The van der Waals surface area contributed by atoms with Crippen molar-refractivity contribution in [2.24, 2.45) is 0 Å². The maximum atomic E-state index is 10.9. The number of alkyl carbamates (subject to hydrolysis) is 1. The number of hydrogen-bond acceptors (Lipinski definition) is 4. The van der Waals surface area contributed by atoms with Crippen molar-refractivity contribution < 1.29 is 19.0 Å². The van der Waals surface area contributed by atoms with Gasteiger partial charge < -0.3 is 19.5 Å². The van der Waals surface area contributed by atoms with Gasteiger partial charge in [-0.25, -0.2) is 4.79 Å². The third-order valence-electron chi connectivity index (χ3n) is 2.39. The molecule has 1 amide bonds. The SMILES string of the molecule is COC(=O)NCCc1cc2c(cc1I)OCO2. The topological polar surface area (TPSA) is 56.8 Å². The molecule has 0 spiro atoms. The Labute approximate surface area is 113 Å². The minimum atomic E-state index is -0.416. The lowest BCUT2D eigenvalue weighted by Crippen LogP contribution is -2.25. The lowest BCUT2D eigenvalue weighted by molar-refractivity contribution is 0.171. The fraction of sp³-hybridized carbons (Fsp3) is 0.364. The Morgan fingerprint density at radius 2 is 2.18 bits per heavy atom. The van der Waals surface area contributed by atoms with E-state index >= 15 is 0 Å². The Hall–Kier alpha value is -1.18. The summed E-state index contributed by atoms with van der Waals surface area (Å²) in [6.07, 6.45) is 0.310. The van der Waals surface area contributed by atoms with Crippen molar-refractivity contribution in [2.75, 3.05) is 20.4 Å². The molecule has 0 aromatic heterocycles. The number of carbonyl (C=O) groups is 1. The first-order valence-corrected chi connectivity index (χ1v) is 6.18. The van der Waals surface area contributed by atoms with Crippen LogP contribution >= 0.6 is 22.6 Å². The van der Waals surface area contributed by atoms with Crippen LogP contribution in [0.3, 0.4) is 0 Å². The number of carbonyl (C=O) groups excluding carboxylic acids is 1. The van der Waals surface area contributed by atoms with Gasteiger partial charge in [0.15, 0.2) is 11.5 Å². The summed E-state index contributed by atoms with van der Waals surface area (Å²) < 4.78 is 16.2. The van der Waals surface area contributed by atoms with Gasteiger partial charge in [-0.3, -0.25) is 0 Å². The Morgan fingerprint density at radius 3 is 2.88 bits per heavy atom. The Kier molecular flexibility index (Phi) is 3.93. The highest BCUT2D eigenvalue weighted by Gasteiger charge is 2.16. The number of amides is 1. The summed E-state index contributed by atoms with van der Waals surface area (Å²) in [7, 11) is 1.35. The zero-order chi connectivity index (χ0) is 12.3. The van der Waals surface area contributed by atoms with E-state index < -0.39 is 6.09 Å². The van der Waals surface area contributed by atoms with E-state index in [1.807, 2.05) is 12.1 Å². The largest absolute Gasteiger partial charge is 0.454 e. The smallest absolute Gasteiger partial charge is 0.406 e. The molecule has 0 atom stereocenters. The fourth-order valence-corrected chi connectivity index (χ4v) is 2.23. The van der Waals surface area contributed by atoms with Gasteiger partial charge in [0, 0.05) is 10.1 Å². The van der Waals surface area contributed by atoms with E-state index in [0.717, 1.165) is 27.1 Å². The molecule has 5 nitrogen and oxygen atoms in total. The summed E-state index contributed by atoms with van der Waals surface area (Å²) in [6.45, 7) is 0.803. The molecule has 1 aromatic carbocycles. The van der Waals surface area contributed by atoms with Gasteiger partial charge in [0.25, 0.3) is 0 Å². The van der Waals surface area contributed by atoms with Gasteiger partial charge in [-0.05, 0) is 46.7 Å². The summed E-state index contributed by atoms with van der Waals surface area (Å²) in [5.74, 6) is 1.54. The third-order valence-corrected chi connectivity index (χ3v) is 3.39. The molecule has 0 saturated carbocycles. The van der Waals surface area contributed by atoms with Crippen LogP contribution in [0.25, 0.3) is 0 Å². The van der Waals surface area contributed by atoms with Crippen LogP contribution in [0.1, 0.15) is 5.56 Å². The number of methoxy groups -OCH3 is 1. The molecule has 17 heavy (non-hydrogen) atoms. The molecule has 0 saturated heterocycles. The van der Waals surface area contributed by atoms with Crippen LogP contribution in [0, 0.1) is 3.57 Å². The molecule has 0 aliphatic carbocycles. The normalized spacial score (nSPS) is 12.4. The van der Waals surface area contributed by atoms with Gasteiger partial charge in [-0.1, -0.05) is 0 Å². The van der Waals surface area contributed by atoms with Crippen molar-refractivity contribution in [3.8, 4) is 11.5 Å². The number of rotatable bonds is 3. The van der Waals surface area contributed by atoms with Crippen molar-refractivity contribution in [1.29, 1.82) is 0 Å². The van der Waals surface area contributed by atoms with Crippen molar-refractivity contribution in [3.63, 3.8) is 0 Å². The first-order valence-electron chi connectivity index (χ1n) is 5.10. The minimum absolute atomic E-state index is 0.273. The quantitative estimate of drug-likeness (QED) is 0.848. The molecule has 1 heterocycles. The van der Waals surface area contributed by atoms with Gasteiger partial charge in [-0.15, -0.1) is 0 Å². The van der Waals surface area contributed by atoms with Crippen LogP contribution in [0.4, 0.5) is 4.79 Å². The summed E-state index contributed by atoms with van der Waals surface area (Å²) in [6, 6.07) is 3.89. The number of hydrogen-bond donors (Lipinski definition) is 1. The van der Waals surface area contributed by atoms with E-state index in [-0.39, 0.29) is 6.79 Å². The molecule has 92 valence electrons. The van der Waals surface area contributed by atoms with Crippen LogP contribution in [-0.4, -0.2) is 26.5 Å². The van der Waals surface area contributed by atoms with Crippen LogP contribution in [0.2, 0.25) is 0 Å². The van der Waals surface area contributed by atoms with Crippen LogP contribution < -0.4 is 14.8 Å². The zero-order valence-electron chi connectivity index (χ0n) is 9.29. The molecular formula is C11H12INO4. The Morgan fingerprint density at radius 1 is 1.47 bits per heavy atom. The molecule has 0 unspecified atom stereocenters. The highest BCUT2D eigenvalue weighted by Crippen LogP contribution is 2.35. The molecule has 2 rings (SSSR count). The molecule has 1 N–H and O–H groups in total. The van der Waals surface area contributed by atoms with E-state index in [9.17, 15) is 4.79 Å². The number of halogens is 1. The first kappa shape index (κ1) is 12.3. The molecule has 6 heteroatoms. The Bertz CT molecular complexity index is 436. The van der Waals surface area contributed by atoms with Crippen molar-refractivity contribution >= 4 is 28.7 Å². The van der Waals surface area contributed by atoms with Crippen molar-refractivity contribution in [1.82, 2.24) is 5.32 Å². The molecule has 1 aliphatic rings. The molecule has 0 bridgehead atoms. The van der Waals surface area contributed by atoms with Crippen LogP contribution in [-0.2, 0) is 11.2 Å². The average molecular weight is 349 g/mol. The molecule has 1 aliphatic heterocycles. The zero-order valence-corrected chi connectivity index (χ0v) is 11.4. The van der Waals surface area contributed by atoms with Crippen molar-refractivity contribution in [2.45, 2.75) is 6.42 Å². The third kappa shape index (κ3) is 2.93. The second-order valence-electron chi connectivity index (χ2n) is 3.47. The summed E-state index contributed by atoms with van der Waals surface area (Å²) in [5, 5.41) is 2.64. The predicted molar refractivity (Wildman–Crippen MR) is 69.4 cm³/mol. The monoisotopic (exact) mass is 349 g/mol. The van der Waals surface area contributed by atoms with E-state index in [1.54, 1.807) is 0 Å². The first-order chi connectivity index (χ1) is 8.20. The summed E-state index contributed by atoms with van der Waals surface area (Å²) >= 11 is 2.24. The molecular weight excluding hydrogens is 337 g/mol. The number of fused-ring (bicyclic) bond motifs is 1. The maximum Gasteiger partial charge on any atom is 0.406 e. The number of benzene rings is 1.